The van der Waals surface area contributed by atoms with Crippen LogP contribution in [0.25, 0.3) is 27.8 Å². The number of aromatic nitrogens is 3. The number of nitrogens with two attached hydrogens (primary N) is 1. The molecule has 3 aromatic heterocycles. The third-order valence-corrected chi connectivity index (χ3v) is 5.60. The van der Waals surface area contributed by atoms with Gasteiger partial charge in [0, 0.05) is 28.2 Å². The topological polar surface area (TPSA) is 73.3 Å². The smallest absolute Gasteiger partial charge is 0.268 e. The molecule has 5 rings (SSSR count). The summed E-state index contributed by atoms with van der Waals surface area (Å²) in [6, 6.07) is 13.9. The van der Waals surface area contributed by atoms with Crippen LogP contribution in [-0.2, 0) is 0 Å². The molecular weight excluding hydrogens is 360 g/mol. The fraction of sp³-hybridized carbons (Fsp3) is 0.190. The summed E-state index contributed by atoms with van der Waals surface area (Å²) in [7, 11) is 0. The third-order valence-electron chi connectivity index (χ3n) is 5.35. The summed E-state index contributed by atoms with van der Waals surface area (Å²) in [5.41, 5.74) is 10.4. The van der Waals surface area contributed by atoms with Gasteiger partial charge in [-0.3, -0.25) is 9.20 Å². The minimum atomic E-state index is -0.542. The maximum Gasteiger partial charge on any atom is 0.268 e. The molecule has 1 amide bonds. The molecule has 3 heterocycles. The van der Waals surface area contributed by atoms with Gasteiger partial charge >= 0.3 is 0 Å². The number of hydrogen-bond donors (Lipinski definition) is 1. The molecule has 4 aromatic rings. The van der Waals surface area contributed by atoms with Gasteiger partial charge in [-0.25, -0.2) is 9.97 Å². The standard InChI is InChI=1S/C21H17ClN4O/c22-14-6-4-12(5-7-14)16-10-17(13-2-1-3-13)25-21-15(16)8-9-19-24-18(20(23)27)11-26(19)21/h4-11,13H,1-3H2,(H2,23,27). The van der Waals surface area contributed by atoms with E-state index in [9.17, 15) is 4.79 Å². The van der Waals surface area contributed by atoms with Crippen LogP contribution in [0.3, 0.4) is 0 Å². The number of amides is 1. The van der Waals surface area contributed by atoms with Crippen LogP contribution in [-0.4, -0.2) is 20.3 Å². The maximum absolute atomic E-state index is 11.6. The zero-order valence-electron chi connectivity index (χ0n) is 14.5. The van der Waals surface area contributed by atoms with E-state index in [1.807, 2.05) is 40.8 Å². The molecule has 0 spiro atoms. The van der Waals surface area contributed by atoms with Crippen LogP contribution in [0.15, 0.2) is 48.7 Å². The number of benzene rings is 1. The number of nitrogens with zero attached hydrogens (tertiary/aromatic N) is 3. The Hall–Kier alpha value is -2.92. The van der Waals surface area contributed by atoms with Crippen molar-refractivity contribution >= 4 is 34.2 Å². The van der Waals surface area contributed by atoms with Gasteiger partial charge in [-0.15, -0.1) is 0 Å². The average Bonchev–Trinajstić information content (AvgIpc) is 3.05. The molecular formula is C21H17ClN4O. The molecule has 27 heavy (non-hydrogen) atoms. The molecule has 0 aliphatic heterocycles. The van der Waals surface area contributed by atoms with Gasteiger partial charge < -0.3 is 5.73 Å². The van der Waals surface area contributed by atoms with Crippen molar-refractivity contribution in [3.63, 3.8) is 0 Å². The lowest BCUT2D eigenvalue weighted by Crippen LogP contribution is -2.11. The minimum absolute atomic E-state index is 0.242. The predicted octanol–water partition coefficient (Wildman–Crippen LogP) is 4.57. The molecule has 0 unspecified atom stereocenters. The fourth-order valence-corrected chi connectivity index (χ4v) is 3.77. The number of primary amides is 1. The van der Waals surface area contributed by atoms with Crippen LogP contribution in [0, 0.1) is 0 Å². The van der Waals surface area contributed by atoms with Crippen molar-refractivity contribution in [1.82, 2.24) is 14.4 Å². The van der Waals surface area contributed by atoms with E-state index in [-0.39, 0.29) is 5.69 Å². The van der Waals surface area contributed by atoms with E-state index < -0.39 is 5.91 Å². The number of rotatable bonds is 3. The SMILES string of the molecule is NC(=O)c1cn2c(ccc3c(-c4ccc(Cl)cc4)cc(C4CCC4)nc32)n1. The van der Waals surface area contributed by atoms with E-state index in [0.717, 1.165) is 40.7 Å². The lowest BCUT2D eigenvalue weighted by molar-refractivity contribution is 0.0996. The molecule has 1 aliphatic carbocycles. The highest BCUT2D eigenvalue weighted by Gasteiger charge is 2.23. The average molecular weight is 377 g/mol. The zero-order valence-corrected chi connectivity index (χ0v) is 15.3. The molecule has 2 N–H and O–H groups in total. The van der Waals surface area contributed by atoms with Gasteiger partial charge in [0.05, 0.1) is 0 Å². The summed E-state index contributed by atoms with van der Waals surface area (Å²) >= 11 is 6.07. The van der Waals surface area contributed by atoms with Crippen LogP contribution >= 0.6 is 11.6 Å². The van der Waals surface area contributed by atoms with E-state index in [2.05, 4.69) is 11.1 Å². The first-order valence-electron chi connectivity index (χ1n) is 8.98. The minimum Gasteiger partial charge on any atom is -0.364 e. The van der Waals surface area contributed by atoms with Crippen LogP contribution in [0.2, 0.25) is 5.02 Å². The van der Waals surface area contributed by atoms with Crippen molar-refractivity contribution in [2.75, 3.05) is 0 Å². The van der Waals surface area contributed by atoms with Gasteiger partial charge in [0.15, 0.2) is 0 Å². The first kappa shape index (κ1) is 16.3. The summed E-state index contributed by atoms with van der Waals surface area (Å²) in [4.78, 5) is 20.8. The van der Waals surface area contributed by atoms with E-state index >= 15 is 0 Å². The molecule has 0 saturated heterocycles. The molecule has 1 saturated carbocycles. The molecule has 1 aromatic carbocycles. The summed E-state index contributed by atoms with van der Waals surface area (Å²) in [6.45, 7) is 0. The second kappa shape index (κ2) is 6.06. The monoisotopic (exact) mass is 376 g/mol. The number of carbonyl (C=O) groups excluding carboxylic acids is 1. The molecule has 1 aliphatic rings. The number of fused-ring (bicyclic) bond motifs is 3. The van der Waals surface area contributed by atoms with Crippen molar-refractivity contribution < 1.29 is 4.79 Å². The fourth-order valence-electron chi connectivity index (χ4n) is 3.65. The summed E-state index contributed by atoms with van der Waals surface area (Å²) in [5, 5.41) is 1.71. The van der Waals surface area contributed by atoms with Crippen molar-refractivity contribution in [3.05, 3.63) is 65.1 Å². The highest BCUT2D eigenvalue weighted by Crippen LogP contribution is 2.39. The van der Waals surface area contributed by atoms with Crippen molar-refractivity contribution in [2.24, 2.45) is 5.73 Å². The van der Waals surface area contributed by atoms with E-state index in [1.165, 1.54) is 6.42 Å². The quantitative estimate of drug-likeness (QED) is 0.569. The lowest BCUT2D eigenvalue weighted by atomic mass is 9.82. The normalized spacial score (nSPS) is 14.6. The third kappa shape index (κ3) is 2.66. The van der Waals surface area contributed by atoms with Gasteiger partial charge in [0.1, 0.15) is 17.0 Å². The van der Waals surface area contributed by atoms with Crippen LogP contribution in [0.1, 0.15) is 41.4 Å². The van der Waals surface area contributed by atoms with Gasteiger partial charge in [-0.1, -0.05) is 30.2 Å². The Morgan fingerprint density at radius 1 is 1.11 bits per heavy atom. The van der Waals surface area contributed by atoms with Gasteiger partial charge in [-0.05, 0) is 54.3 Å². The van der Waals surface area contributed by atoms with Gasteiger partial charge in [0.2, 0.25) is 0 Å². The molecule has 6 heteroatoms. The summed E-state index contributed by atoms with van der Waals surface area (Å²) in [6.07, 6.45) is 5.22. The molecule has 0 radical (unpaired) electrons. The van der Waals surface area contributed by atoms with Gasteiger partial charge in [0.25, 0.3) is 5.91 Å². The Balaban J connectivity index is 1.83. The Labute approximate surface area is 160 Å². The number of halogens is 1. The van der Waals surface area contributed by atoms with E-state index in [0.29, 0.717) is 16.6 Å². The van der Waals surface area contributed by atoms with Crippen molar-refractivity contribution in [1.29, 1.82) is 0 Å². The summed E-state index contributed by atoms with van der Waals surface area (Å²) in [5.74, 6) is -0.0604. The molecule has 0 atom stereocenters. The highest BCUT2D eigenvalue weighted by molar-refractivity contribution is 6.30. The molecule has 0 bridgehead atoms. The maximum atomic E-state index is 11.6. The molecule has 1 fully saturated rings. The predicted molar refractivity (Wildman–Crippen MR) is 106 cm³/mol. The van der Waals surface area contributed by atoms with E-state index in [4.69, 9.17) is 22.3 Å². The van der Waals surface area contributed by atoms with Crippen LogP contribution in [0.4, 0.5) is 0 Å². The molecule has 134 valence electrons. The van der Waals surface area contributed by atoms with Crippen LogP contribution in [0.5, 0.6) is 0 Å². The van der Waals surface area contributed by atoms with E-state index in [1.54, 1.807) is 6.20 Å². The second-order valence-electron chi connectivity index (χ2n) is 7.02. The lowest BCUT2D eigenvalue weighted by Gasteiger charge is -2.25. The van der Waals surface area contributed by atoms with Gasteiger partial charge in [-0.2, -0.15) is 0 Å². The number of carbonyl (C=O) groups is 1. The highest BCUT2D eigenvalue weighted by atomic mass is 35.5. The number of pyridine rings is 2. The molecule has 5 nitrogen and oxygen atoms in total. The second-order valence-corrected chi connectivity index (χ2v) is 7.46. The van der Waals surface area contributed by atoms with Crippen LogP contribution < -0.4 is 5.73 Å². The number of hydrogen-bond acceptors (Lipinski definition) is 3. The van der Waals surface area contributed by atoms with Crippen molar-refractivity contribution in [2.45, 2.75) is 25.2 Å². The summed E-state index contributed by atoms with van der Waals surface area (Å²) < 4.78 is 1.86. The first-order chi connectivity index (χ1) is 13.1. The largest absolute Gasteiger partial charge is 0.364 e. The zero-order chi connectivity index (χ0) is 18.5. The Kier molecular flexibility index (Phi) is 3.65. The number of imidazole rings is 1. The first-order valence-corrected chi connectivity index (χ1v) is 9.36. The Bertz CT molecular complexity index is 1190. The Morgan fingerprint density at radius 3 is 2.56 bits per heavy atom. The van der Waals surface area contributed by atoms with Crippen molar-refractivity contribution in [3.8, 4) is 11.1 Å². The Morgan fingerprint density at radius 2 is 1.89 bits per heavy atom.